The molecule has 5 aromatic carbocycles. The van der Waals surface area contributed by atoms with E-state index in [1.54, 1.807) is 4.88 Å². The Morgan fingerprint density at radius 1 is 0.477 bits per heavy atom. The predicted octanol–water partition coefficient (Wildman–Crippen LogP) is 12.6. The molecule has 10 rings (SSSR count). The van der Waals surface area contributed by atoms with Crippen molar-refractivity contribution in [2.75, 3.05) is 0 Å². The van der Waals surface area contributed by atoms with Gasteiger partial charge in [-0.05, 0) is 118 Å². The second-order valence-corrected chi connectivity index (χ2v) is 14.6. The van der Waals surface area contributed by atoms with Crippen molar-refractivity contribution in [3.05, 3.63) is 124 Å². The fourth-order valence-corrected chi connectivity index (χ4v) is 10.7. The van der Waals surface area contributed by atoms with E-state index in [0.717, 1.165) is 38.5 Å². The quantitative estimate of drug-likeness (QED) is 0.186. The lowest BCUT2D eigenvalue weighted by Crippen LogP contribution is -2.05. The molecule has 0 saturated heterocycles. The van der Waals surface area contributed by atoms with Crippen LogP contribution in [0.4, 0.5) is 0 Å². The Balaban J connectivity index is 1.30. The van der Waals surface area contributed by atoms with Gasteiger partial charge in [0.15, 0.2) is 0 Å². The summed E-state index contributed by atoms with van der Waals surface area (Å²) in [6.45, 7) is 0. The van der Waals surface area contributed by atoms with Gasteiger partial charge < -0.3 is 0 Å². The summed E-state index contributed by atoms with van der Waals surface area (Å²) < 4.78 is 4.23. The van der Waals surface area contributed by atoms with Crippen LogP contribution in [0.3, 0.4) is 0 Å². The largest absolute Gasteiger partial charge is 0.139 e. The summed E-state index contributed by atoms with van der Waals surface area (Å²) in [7, 11) is 0. The van der Waals surface area contributed by atoms with Crippen molar-refractivity contribution in [2.45, 2.75) is 38.5 Å². The monoisotopic (exact) mass is 598 g/mol. The Labute approximate surface area is 265 Å². The van der Waals surface area contributed by atoms with E-state index in [2.05, 4.69) is 109 Å². The lowest BCUT2D eigenvalue weighted by molar-refractivity contribution is 0.984. The molecule has 0 amide bonds. The van der Waals surface area contributed by atoms with E-state index in [-0.39, 0.29) is 0 Å². The van der Waals surface area contributed by atoms with Crippen LogP contribution in [0.2, 0.25) is 0 Å². The van der Waals surface area contributed by atoms with E-state index >= 15 is 0 Å². The van der Waals surface area contributed by atoms with Gasteiger partial charge in [0.1, 0.15) is 0 Å². The van der Waals surface area contributed by atoms with Crippen LogP contribution in [0.15, 0.2) is 91.0 Å². The molecule has 0 bridgehead atoms. The van der Waals surface area contributed by atoms with Gasteiger partial charge in [0.2, 0.25) is 0 Å². The second-order valence-electron chi connectivity index (χ2n) is 12.5. The molecule has 44 heavy (non-hydrogen) atoms. The number of hydrogen-bond acceptors (Lipinski definition) is 2. The summed E-state index contributed by atoms with van der Waals surface area (Å²) in [6.07, 6.45) is 21.1. The summed E-state index contributed by atoms with van der Waals surface area (Å²) >= 11 is 3.97. The highest BCUT2D eigenvalue weighted by molar-refractivity contribution is 7.26. The molecule has 0 saturated carbocycles. The van der Waals surface area contributed by atoms with Gasteiger partial charge in [-0.3, -0.25) is 0 Å². The first kappa shape index (κ1) is 25.1. The Hall–Kier alpha value is -4.24. The minimum Gasteiger partial charge on any atom is -0.139 e. The maximum atomic E-state index is 2.55. The number of allylic oxidation sites excluding steroid dienone is 3. The molecule has 0 aliphatic heterocycles. The van der Waals surface area contributed by atoms with E-state index in [4.69, 9.17) is 0 Å². The van der Waals surface area contributed by atoms with Crippen LogP contribution in [0.1, 0.15) is 52.0 Å². The van der Waals surface area contributed by atoms with Gasteiger partial charge in [0, 0.05) is 35.1 Å². The van der Waals surface area contributed by atoms with Crippen molar-refractivity contribution in [1.82, 2.24) is 0 Å². The molecule has 0 spiro atoms. The van der Waals surface area contributed by atoms with Gasteiger partial charge in [-0.15, -0.1) is 22.7 Å². The molecule has 7 aromatic rings. The zero-order valence-electron chi connectivity index (χ0n) is 24.5. The molecule has 0 radical (unpaired) electrons. The smallest absolute Gasteiger partial charge is 0.0433 e. The van der Waals surface area contributed by atoms with Crippen LogP contribution in [-0.2, 0) is 19.3 Å². The minimum absolute atomic E-state index is 1.09. The molecule has 2 heterocycles. The highest BCUT2D eigenvalue weighted by Crippen LogP contribution is 2.48. The Morgan fingerprint density at radius 2 is 1.07 bits per heavy atom. The van der Waals surface area contributed by atoms with Crippen molar-refractivity contribution < 1.29 is 0 Å². The molecule has 0 atom stereocenters. The molecule has 2 aromatic heterocycles. The molecule has 0 fully saturated rings. The third-order valence-corrected chi connectivity index (χ3v) is 12.6. The third-order valence-electron chi connectivity index (χ3n) is 10.1. The topological polar surface area (TPSA) is 0 Å². The van der Waals surface area contributed by atoms with E-state index in [1.807, 2.05) is 22.7 Å². The number of rotatable bonds is 2. The number of fused-ring (bicyclic) bond motifs is 11. The molecule has 3 aliphatic carbocycles. The van der Waals surface area contributed by atoms with Crippen LogP contribution >= 0.6 is 22.7 Å². The van der Waals surface area contributed by atoms with Crippen molar-refractivity contribution in [3.8, 4) is 22.3 Å². The fourth-order valence-electron chi connectivity index (χ4n) is 8.11. The molecule has 0 unspecified atom stereocenters. The van der Waals surface area contributed by atoms with Gasteiger partial charge in [-0.25, -0.2) is 0 Å². The van der Waals surface area contributed by atoms with Gasteiger partial charge in [-0.2, -0.15) is 0 Å². The summed E-state index contributed by atoms with van der Waals surface area (Å²) in [6, 6.07) is 27.9. The van der Waals surface area contributed by atoms with Gasteiger partial charge in [-0.1, -0.05) is 91.1 Å². The number of thiophene rings is 2. The third kappa shape index (κ3) is 3.56. The number of benzene rings is 5. The van der Waals surface area contributed by atoms with Crippen molar-refractivity contribution in [2.24, 2.45) is 0 Å². The van der Waals surface area contributed by atoms with E-state index in [1.165, 1.54) is 91.1 Å². The van der Waals surface area contributed by atoms with Crippen LogP contribution in [-0.4, -0.2) is 0 Å². The van der Waals surface area contributed by atoms with Crippen LogP contribution in [0.5, 0.6) is 0 Å². The Bertz CT molecular complexity index is 2440. The highest BCUT2D eigenvalue weighted by Gasteiger charge is 2.24. The lowest BCUT2D eigenvalue weighted by atomic mass is 9.79. The minimum atomic E-state index is 1.09. The van der Waals surface area contributed by atoms with E-state index < -0.39 is 0 Å². The van der Waals surface area contributed by atoms with Crippen molar-refractivity contribution in [3.63, 3.8) is 0 Å². The van der Waals surface area contributed by atoms with Crippen LogP contribution in [0.25, 0.3) is 81.5 Å². The molecular weight excluding hydrogens is 569 g/mol. The summed E-state index contributed by atoms with van der Waals surface area (Å²) in [4.78, 5) is 1.54. The molecule has 2 heteroatoms. The average Bonchev–Trinajstić information content (AvgIpc) is 3.66. The summed E-state index contributed by atoms with van der Waals surface area (Å²) in [5.41, 5.74) is 13.0. The highest BCUT2D eigenvalue weighted by atomic mass is 32.1. The van der Waals surface area contributed by atoms with Gasteiger partial charge in [0.05, 0.1) is 0 Å². The number of aryl methyl sites for hydroxylation is 1. The SMILES string of the molecule is C1=Cc2c(sc3c(-c4cc5cc(-c6cccc7c6sc6ccccc67)c6c(c5c5c4CCC=C5)C=CCC6)cccc23)CC1. The first-order chi connectivity index (χ1) is 21.8. The summed E-state index contributed by atoms with van der Waals surface area (Å²) in [5.74, 6) is 0. The molecule has 0 N–H and O–H groups in total. The van der Waals surface area contributed by atoms with E-state index in [0.29, 0.717) is 0 Å². The maximum absolute atomic E-state index is 2.55. The summed E-state index contributed by atoms with van der Waals surface area (Å²) in [5, 5.41) is 6.97. The first-order valence-electron chi connectivity index (χ1n) is 15.9. The van der Waals surface area contributed by atoms with Gasteiger partial charge in [0.25, 0.3) is 0 Å². The zero-order chi connectivity index (χ0) is 28.8. The number of hydrogen-bond donors (Lipinski definition) is 0. The predicted molar refractivity (Wildman–Crippen MR) is 195 cm³/mol. The maximum Gasteiger partial charge on any atom is 0.0433 e. The van der Waals surface area contributed by atoms with Crippen LogP contribution in [0, 0.1) is 0 Å². The lowest BCUT2D eigenvalue weighted by Gasteiger charge is -2.25. The average molecular weight is 599 g/mol. The zero-order valence-corrected chi connectivity index (χ0v) is 26.1. The second kappa shape index (κ2) is 9.63. The molecule has 0 nitrogen and oxygen atoms in total. The van der Waals surface area contributed by atoms with Crippen molar-refractivity contribution in [1.29, 1.82) is 0 Å². The molecule has 210 valence electrons. The fraction of sp³-hybridized carbons (Fsp3) is 0.143. The standard InChI is InChI=1S/C42H30S2/c1-3-15-30-26(11-1)36(34-19-9-17-32-28-13-5-7-21-38(28)43-41(32)34)23-25-24-37(27-12-2-4-16-31(27)40(25)30)35-20-10-18-33-29-14-6-8-22-39(29)44-42(33)35/h3-7,9-10,13-21,23-24H,1-2,8,11-12,22H2. The van der Waals surface area contributed by atoms with Crippen LogP contribution < -0.4 is 0 Å². The first-order valence-corrected chi connectivity index (χ1v) is 17.6. The Morgan fingerprint density at radius 3 is 1.80 bits per heavy atom. The molecular formula is C42H30S2. The normalized spacial score (nSPS) is 15.4. The van der Waals surface area contributed by atoms with Crippen molar-refractivity contribution >= 4 is 81.9 Å². The van der Waals surface area contributed by atoms with E-state index in [9.17, 15) is 0 Å². The molecule has 3 aliphatic rings. The Kier molecular flexibility index (Phi) is 5.50. The van der Waals surface area contributed by atoms with Gasteiger partial charge >= 0.3 is 0 Å².